The van der Waals surface area contributed by atoms with Crippen molar-refractivity contribution >= 4 is 12.0 Å². The second kappa shape index (κ2) is 6.53. The van der Waals surface area contributed by atoms with Crippen LogP contribution in [-0.4, -0.2) is 32.0 Å². The van der Waals surface area contributed by atoms with E-state index in [9.17, 15) is 4.79 Å². The molecule has 0 atom stereocenters. The Morgan fingerprint density at radius 1 is 1.18 bits per heavy atom. The van der Waals surface area contributed by atoms with Crippen LogP contribution >= 0.6 is 0 Å². The Bertz CT molecular complexity index is 416. The van der Waals surface area contributed by atoms with Gasteiger partial charge in [0, 0.05) is 20.2 Å². The SMILES string of the molecule is COc1ccc(/C=C/C=C/C(=O)N(C)C)cc1. The molecule has 0 aromatic heterocycles. The number of allylic oxidation sites excluding steroid dienone is 2. The number of carbonyl (C=O) groups excluding carboxylic acids is 1. The van der Waals surface area contributed by atoms with E-state index in [4.69, 9.17) is 4.74 Å². The van der Waals surface area contributed by atoms with E-state index in [0.717, 1.165) is 11.3 Å². The van der Waals surface area contributed by atoms with Crippen molar-refractivity contribution in [3.8, 4) is 5.75 Å². The summed E-state index contributed by atoms with van der Waals surface area (Å²) in [5.41, 5.74) is 1.06. The Hall–Kier alpha value is -2.03. The minimum atomic E-state index is -0.0237. The van der Waals surface area contributed by atoms with Gasteiger partial charge in [0.1, 0.15) is 5.75 Å². The third-order valence-electron chi connectivity index (χ3n) is 2.20. The number of hydrogen-bond acceptors (Lipinski definition) is 2. The summed E-state index contributed by atoms with van der Waals surface area (Å²) in [5, 5.41) is 0. The first-order valence-corrected chi connectivity index (χ1v) is 5.33. The van der Waals surface area contributed by atoms with Crippen molar-refractivity contribution in [3.63, 3.8) is 0 Å². The third-order valence-corrected chi connectivity index (χ3v) is 2.20. The number of nitrogens with zero attached hydrogens (tertiary/aromatic N) is 1. The van der Waals surface area contributed by atoms with Gasteiger partial charge in [0.05, 0.1) is 7.11 Å². The first-order chi connectivity index (χ1) is 8.13. The lowest BCUT2D eigenvalue weighted by Crippen LogP contribution is -2.18. The molecule has 0 aliphatic carbocycles. The van der Waals surface area contributed by atoms with Gasteiger partial charge in [-0.1, -0.05) is 30.4 Å². The second-order valence-electron chi connectivity index (χ2n) is 3.72. The van der Waals surface area contributed by atoms with Gasteiger partial charge in [-0.15, -0.1) is 0 Å². The van der Waals surface area contributed by atoms with Gasteiger partial charge in [0.25, 0.3) is 0 Å². The van der Waals surface area contributed by atoms with E-state index >= 15 is 0 Å². The number of hydrogen-bond donors (Lipinski definition) is 0. The van der Waals surface area contributed by atoms with Crippen LogP contribution in [0.4, 0.5) is 0 Å². The zero-order valence-corrected chi connectivity index (χ0v) is 10.4. The van der Waals surface area contributed by atoms with Crippen molar-refractivity contribution in [2.24, 2.45) is 0 Å². The molecule has 0 unspecified atom stereocenters. The number of amides is 1. The van der Waals surface area contributed by atoms with Crippen LogP contribution in [0.5, 0.6) is 5.75 Å². The molecule has 17 heavy (non-hydrogen) atoms. The third kappa shape index (κ3) is 4.55. The normalized spacial score (nSPS) is 11.0. The predicted molar refractivity (Wildman–Crippen MR) is 69.9 cm³/mol. The summed E-state index contributed by atoms with van der Waals surface area (Å²) in [5.74, 6) is 0.810. The van der Waals surface area contributed by atoms with Gasteiger partial charge in [0.2, 0.25) is 5.91 Å². The fourth-order valence-corrected chi connectivity index (χ4v) is 1.17. The molecule has 0 saturated carbocycles. The number of carbonyl (C=O) groups is 1. The molecular formula is C14H17NO2. The van der Waals surface area contributed by atoms with Crippen LogP contribution in [0.2, 0.25) is 0 Å². The average molecular weight is 231 g/mol. The Balaban J connectivity index is 2.56. The van der Waals surface area contributed by atoms with E-state index in [1.807, 2.05) is 36.4 Å². The van der Waals surface area contributed by atoms with Crippen LogP contribution < -0.4 is 4.74 Å². The lowest BCUT2D eigenvalue weighted by molar-refractivity contribution is -0.123. The van der Waals surface area contributed by atoms with Crippen molar-refractivity contribution in [3.05, 3.63) is 48.1 Å². The Labute approximate surface area is 102 Å². The Morgan fingerprint density at radius 2 is 1.82 bits per heavy atom. The van der Waals surface area contributed by atoms with Gasteiger partial charge in [-0.2, -0.15) is 0 Å². The standard InChI is InChI=1S/C14H17NO2/c1-15(2)14(16)7-5-4-6-12-8-10-13(17-3)11-9-12/h4-11H,1-3H3/b6-4+,7-5+. The van der Waals surface area contributed by atoms with Gasteiger partial charge < -0.3 is 9.64 Å². The molecule has 0 bridgehead atoms. The average Bonchev–Trinajstić information content (AvgIpc) is 2.35. The maximum absolute atomic E-state index is 11.2. The summed E-state index contributed by atoms with van der Waals surface area (Å²) in [6, 6.07) is 7.70. The molecule has 0 heterocycles. The molecule has 0 aliphatic rings. The second-order valence-corrected chi connectivity index (χ2v) is 3.72. The van der Waals surface area contributed by atoms with Crippen molar-refractivity contribution in [1.82, 2.24) is 4.90 Å². The molecule has 0 fully saturated rings. The van der Waals surface area contributed by atoms with Crippen LogP contribution in [0.3, 0.4) is 0 Å². The zero-order chi connectivity index (χ0) is 12.7. The summed E-state index contributed by atoms with van der Waals surface area (Å²) < 4.78 is 5.06. The Kier molecular flexibility index (Phi) is 5.01. The number of rotatable bonds is 4. The van der Waals surface area contributed by atoms with Crippen LogP contribution in [0.1, 0.15) is 5.56 Å². The summed E-state index contributed by atoms with van der Waals surface area (Å²) >= 11 is 0. The summed E-state index contributed by atoms with van der Waals surface area (Å²) in [6.07, 6.45) is 7.02. The highest BCUT2D eigenvalue weighted by Gasteiger charge is 1.94. The fourth-order valence-electron chi connectivity index (χ4n) is 1.17. The molecule has 3 heteroatoms. The smallest absolute Gasteiger partial charge is 0.246 e. The molecule has 0 saturated heterocycles. The molecule has 1 aromatic rings. The van der Waals surface area contributed by atoms with E-state index in [-0.39, 0.29) is 5.91 Å². The lowest BCUT2D eigenvalue weighted by atomic mass is 10.2. The quantitative estimate of drug-likeness (QED) is 0.588. The van der Waals surface area contributed by atoms with E-state index in [1.54, 1.807) is 27.3 Å². The monoisotopic (exact) mass is 231 g/mol. The van der Waals surface area contributed by atoms with Gasteiger partial charge >= 0.3 is 0 Å². The molecule has 1 amide bonds. The number of benzene rings is 1. The van der Waals surface area contributed by atoms with E-state index in [0.29, 0.717) is 0 Å². The summed E-state index contributed by atoms with van der Waals surface area (Å²) in [6.45, 7) is 0. The van der Waals surface area contributed by atoms with E-state index in [1.165, 1.54) is 11.0 Å². The number of ether oxygens (including phenoxy) is 1. The first-order valence-electron chi connectivity index (χ1n) is 5.33. The van der Waals surface area contributed by atoms with Crippen molar-refractivity contribution in [2.45, 2.75) is 0 Å². The van der Waals surface area contributed by atoms with Crippen molar-refractivity contribution < 1.29 is 9.53 Å². The molecule has 1 aromatic carbocycles. The maximum Gasteiger partial charge on any atom is 0.246 e. The van der Waals surface area contributed by atoms with Crippen LogP contribution in [0.25, 0.3) is 6.08 Å². The minimum absolute atomic E-state index is 0.0237. The topological polar surface area (TPSA) is 29.5 Å². The van der Waals surface area contributed by atoms with Crippen molar-refractivity contribution in [1.29, 1.82) is 0 Å². The fraction of sp³-hybridized carbons (Fsp3) is 0.214. The van der Waals surface area contributed by atoms with Gasteiger partial charge in [0.15, 0.2) is 0 Å². The van der Waals surface area contributed by atoms with E-state index in [2.05, 4.69) is 0 Å². The van der Waals surface area contributed by atoms with Crippen LogP contribution in [0.15, 0.2) is 42.5 Å². The summed E-state index contributed by atoms with van der Waals surface area (Å²) in [7, 11) is 5.08. The highest BCUT2D eigenvalue weighted by atomic mass is 16.5. The van der Waals surface area contributed by atoms with Crippen LogP contribution in [-0.2, 0) is 4.79 Å². The zero-order valence-electron chi connectivity index (χ0n) is 10.4. The first kappa shape index (κ1) is 13.0. The highest BCUT2D eigenvalue weighted by molar-refractivity contribution is 5.87. The predicted octanol–water partition coefficient (Wildman–Crippen LogP) is 2.35. The number of likely N-dealkylation sites (N-methyl/N-ethyl adjacent to an activating group) is 1. The lowest BCUT2D eigenvalue weighted by Gasteiger charge is -2.04. The largest absolute Gasteiger partial charge is 0.497 e. The molecule has 0 N–H and O–H groups in total. The highest BCUT2D eigenvalue weighted by Crippen LogP contribution is 2.12. The molecule has 3 nitrogen and oxygen atoms in total. The van der Waals surface area contributed by atoms with Gasteiger partial charge in [-0.05, 0) is 17.7 Å². The number of methoxy groups -OCH3 is 1. The maximum atomic E-state index is 11.2. The van der Waals surface area contributed by atoms with E-state index < -0.39 is 0 Å². The molecule has 90 valence electrons. The molecule has 0 spiro atoms. The van der Waals surface area contributed by atoms with Gasteiger partial charge in [-0.25, -0.2) is 0 Å². The van der Waals surface area contributed by atoms with Gasteiger partial charge in [-0.3, -0.25) is 4.79 Å². The molecule has 1 rings (SSSR count). The molecular weight excluding hydrogens is 214 g/mol. The Morgan fingerprint density at radius 3 is 2.35 bits per heavy atom. The molecule has 0 aliphatic heterocycles. The molecule has 0 radical (unpaired) electrons. The van der Waals surface area contributed by atoms with Crippen molar-refractivity contribution in [2.75, 3.05) is 21.2 Å². The minimum Gasteiger partial charge on any atom is -0.497 e. The van der Waals surface area contributed by atoms with Crippen LogP contribution in [0, 0.1) is 0 Å². The summed E-state index contributed by atoms with van der Waals surface area (Å²) in [4.78, 5) is 12.8.